The second-order valence-corrected chi connectivity index (χ2v) is 4.35. The Labute approximate surface area is 87.8 Å². The second kappa shape index (κ2) is 3.67. The monoisotopic (exact) mass is 236 g/mol. The van der Waals surface area contributed by atoms with E-state index in [1.165, 1.54) is 34.0 Å². The van der Waals surface area contributed by atoms with Crippen LogP contribution in [0.3, 0.4) is 0 Å². The minimum absolute atomic E-state index is 1.10. The standard InChI is InChI=1S/C12H13Br/c1-2-4-11-7-9-5-3-6-10(9)8-12(11)13/h3,5,7-8H,2,4,6H2,1H3. The fraction of sp³-hybridized carbons (Fsp3) is 0.333. The summed E-state index contributed by atoms with van der Waals surface area (Å²) in [5.74, 6) is 0. The smallest absolute Gasteiger partial charge is 0.0210 e. The number of halogens is 1. The van der Waals surface area contributed by atoms with E-state index in [0.717, 1.165) is 6.42 Å². The maximum atomic E-state index is 3.62. The molecule has 0 aromatic heterocycles. The lowest BCUT2D eigenvalue weighted by molar-refractivity contribution is 0.915. The van der Waals surface area contributed by atoms with Crippen LogP contribution in [-0.4, -0.2) is 0 Å². The summed E-state index contributed by atoms with van der Waals surface area (Å²) in [5, 5.41) is 0. The van der Waals surface area contributed by atoms with Crippen LogP contribution in [0.4, 0.5) is 0 Å². The van der Waals surface area contributed by atoms with Crippen molar-refractivity contribution in [1.82, 2.24) is 0 Å². The summed E-state index contributed by atoms with van der Waals surface area (Å²) >= 11 is 3.62. The van der Waals surface area contributed by atoms with E-state index in [2.05, 4.69) is 47.1 Å². The number of allylic oxidation sites excluding steroid dienone is 1. The Morgan fingerprint density at radius 3 is 3.00 bits per heavy atom. The average molecular weight is 237 g/mol. The van der Waals surface area contributed by atoms with Crippen LogP contribution in [0, 0.1) is 0 Å². The van der Waals surface area contributed by atoms with Gasteiger partial charge >= 0.3 is 0 Å². The van der Waals surface area contributed by atoms with E-state index < -0.39 is 0 Å². The Balaban J connectivity index is 2.41. The maximum Gasteiger partial charge on any atom is 0.0210 e. The number of aryl methyl sites for hydroxylation is 1. The maximum absolute atomic E-state index is 3.62. The third-order valence-corrected chi connectivity index (χ3v) is 3.20. The predicted molar refractivity (Wildman–Crippen MR) is 60.9 cm³/mol. The third kappa shape index (κ3) is 1.71. The van der Waals surface area contributed by atoms with Gasteiger partial charge in [-0.25, -0.2) is 0 Å². The molecule has 0 bridgehead atoms. The molecule has 13 heavy (non-hydrogen) atoms. The van der Waals surface area contributed by atoms with Crippen LogP contribution in [0.25, 0.3) is 6.08 Å². The molecule has 1 heteroatoms. The van der Waals surface area contributed by atoms with Crippen LogP contribution >= 0.6 is 15.9 Å². The van der Waals surface area contributed by atoms with E-state index in [1.54, 1.807) is 0 Å². The molecule has 68 valence electrons. The molecule has 0 heterocycles. The first-order valence-corrected chi connectivity index (χ1v) is 5.58. The van der Waals surface area contributed by atoms with Crippen molar-refractivity contribution >= 4 is 22.0 Å². The van der Waals surface area contributed by atoms with Crippen molar-refractivity contribution in [2.24, 2.45) is 0 Å². The highest BCUT2D eigenvalue weighted by Crippen LogP contribution is 2.27. The van der Waals surface area contributed by atoms with E-state index in [0.29, 0.717) is 0 Å². The van der Waals surface area contributed by atoms with Crippen molar-refractivity contribution in [3.8, 4) is 0 Å². The number of hydrogen-bond acceptors (Lipinski definition) is 0. The van der Waals surface area contributed by atoms with Crippen molar-refractivity contribution in [3.63, 3.8) is 0 Å². The molecule has 0 N–H and O–H groups in total. The lowest BCUT2D eigenvalue weighted by atomic mass is 10.0. The zero-order valence-corrected chi connectivity index (χ0v) is 9.39. The van der Waals surface area contributed by atoms with Gasteiger partial charge in [-0.2, -0.15) is 0 Å². The van der Waals surface area contributed by atoms with Gasteiger partial charge in [0.25, 0.3) is 0 Å². The predicted octanol–water partition coefficient (Wildman–Crippen LogP) is 3.97. The fourth-order valence-electron chi connectivity index (χ4n) is 1.78. The first-order valence-electron chi connectivity index (χ1n) is 4.79. The van der Waals surface area contributed by atoms with Crippen molar-refractivity contribution in [1.29, 1.82) is 0 Å². The minimum Gasteiger partial charge on any atom is -0.0795 e. The highest BCUT2D eigenvalue weighted by molar-refractivity contribution is 9.10. The molecule has 0 unspecified atom stereocenters. The van der Waals surface area contributed by atoms with Crippen molar-refractivity contribution in [2.45, 2.75) is 26.2 Å². The molecule has 1 aromatic rings. The Hall–Kier alpha value is -0.560. The van der Waals surface area contributed by atoms with Crippen LogP contribution in [-0.2, 0) is 12.8 Å². The first-order chi connectivity index (χ1) is 6.31. The van der Waals surface area contributed by atoms with Crippen LogP contribution in [0.5, 0.6) is 0 Å². The van der Waals surface area contributed by atoms with Gasteiger partial charge in [0.15, 0.2) is 0 Å². The largest absolute Gasteiger partial charge is 0.0795 e. The van der Waals surface area contributed by atoms with Gasteiger partial charge in [0.2, 0.25) is 0 Å². The van der Waals surface area contributed by atoms with Gasteiger partial charge in [-0.15, -0.1) is 0 Å². The van der Waals surface area contributed by atoms with E-state index in [-0.39, 0.29) is 0 Å². The van der Waals surface area contributed by atoms with E-state index in [4.69, 9.17) is 0 Å². The summed E-state index contributed by atoms with van der Waals surface area (Å²) < 4.78 is 1.27. The zero-order valence-electron chi connectivity index (χ0n) is 7.81. The van der Waals surface area contributed by atoms with Gasteiger partial charge in [0.1, 0.15) is 0 Å². The SMILES string of the molecule is CCCc1cc2c(cc1Br)CC=C2. The van der Waals surface area contributed by atoms with E-state index in [1.807, 2.05) is 0 Å². The molecule has 0 amide bonds. The Morgan fingerprint density at radius 2 is 2.23 bits per heavy atom. The first kappa shape index (κ1) is 9.01. The molecule has 1 aliphatic carbocycles. The molecule has 2 rings (SSSR count). The number of fused-ring (bicyclic) bond motifs is 1. The number of hydrogen-bond donors (Lipinski definition) is 0. The number of rotatable bonds is 2. The Kier molecular flexibility index (Phi) is 2.54. The molecular formula is C12H13Br. The van der Waals surface area contributed by atoms with Crippen molar-refractivity contribution in [2.75, 3.05) is 0 Å². The van der Waals surface area contributed by atoms with Crippen molar-refractivity contribution in [3.05, 3.63) is 39.4 Å². The second-order valence-electron chi connectivity index (χ2n) is 3.50. The highest BCUT2D eigenvalue weighted by atomic mass is 79.9. The molecule has 0 radical (unpaired) electrons. The van der Waals surface area contributed by atoms with Crippen LogP contribution in [0.1, 0.15) is 30.0 Å². The van der Waals surface area contributed by atoms with Gasteiger partial charge in [-0.3, -0.25) is 0 Å². The van der Waals surface area contributed by atoms with Crippen LogP contribution < -0.4 is 0 Å². The Morgan fingerprint density at radius 1 is 1.38 bits per heavy atom. The molecule has 0 aliphatic heterocycles. The van der Waals surface area contributed by atoms with Gasteiger partial charge in [0.05, 0.1) is 0 Å². The van der Waals surface area contributed by atoms with Gasteiger partial charge in [-0.1, -0.05) is 47.5 Å². The zero-order chi connectivity index (χ0) is 9.26. The average Bonchev–Trinajstić information content (AvgIpc) is 2.52. The summed E-state index contributed by atoms with van der Waals surface area (Å²) in [6.07, 6.45) is 7.93. The third-order valence-electron chi connectivity index (χ3n) is 2.46. The van der Waals surface area contributed by atoms with Crippen LogP contribution in [0.2, 0.25) is 0 Å². The molecule has 0 nitrogen and oxygen atoms in total. The normalized spacial score (nSPS) is 13.4. The van der Waals surface area contributed by atoms with Gasteiger partial charge < -0.3 is 0 Å². The molecule has 1 aromatic carbocycles. The quantitative estimate of drug-likeness (QED) is 0.730. The topological polar surface area (TPSA) is 0 Å². The van der Waals surface area contributed by atoms with Gasteiger partial charge in [-0.05, 0) is 35.6 Å². The summed E-state index contributed by atoms with van der Waals surface area (Å²) in [6.45, 7) is 2.22. The summed E-state index contributed by atoms with van der Waals surface area (Å²) in [6, 6.07) is 4.58. The molecule has 0 saturated carbocycles. The molecule has 0 saturated heterocycles. The summed E-state index contributed by atoms with van der Waals surface area (Å²) in [7, 11) is 0. The summed E-state index contributed by atoms with van der Waals surface area (Å²) in [4.78, 5) is 0. The molecular weight excluding hydrogens is 224 g/mol. The Bertz CT molecular complexity index is 350. The van der Waals surface area contributed by atoms with E-state index in [9.17, 15) is 0 Å². The molecule has 0 fully saturated rings. The van der Waals surface area contributed by atoms with Crippen LogP contribution in [0.15, 0.2) is 22.7 Å². The highest BCUT2D eigenvalue weighted by Gasteiger charge is 2.08. The number of benzene rings is 1. The van der Waals surface area contributed by atoms with Gasteiger partial charge in [0, 0.05) is 4.47 Å². The van der Waals surface area contributed by atoms with E-state index >= 15 is 0 Å². The molecule has 0 atom stereocenters. The van der Waals surface area contributed by atoms with Crippen molar-refractivity contribution < 1.29 is 0 Å². The molecule has 1 aliphatic rings. The fourth-order valence-corrected chi connectivity index (χ4v) is 2.37. The minimum atomic E-state index is 1.10. The lowest BCUT2D eigenvalue weighted by Gasteiger charge is -2.06. The summed E-state index contributed by atoms with van der Waals surface area (Å²) in [5.41, 5.74) is 4.30. The molecule has 0 spiro atoms. The lowest BCUT2D eigenvalue weighted by Crippen LogP contribution is -1.89.